The van der Waals surface area contributed by atoms with Gasteiger partial charge in [0.25, 0.3) is 11.8 Å². The predicted molar refractivity (Wildman–Crippen MR) is 129 cm³/mol. The van der Waals surface area contributed by atoms with E-state index in [1.54, 1.807) is 12.1 Å². The molecule has 0 spiro atoms. The molecule has 7 heteroatoms. The van der Waals surface area contributed by atoms with Crippen LogP contribution in [0.15, 0.2) is 47.5 Å². The molecule has 170 valence electrons. The van der Waals surface area contributed by atoms with Gasteiger partial charge in [0.05, 0.1) is 17.9 Å². The molecular weight excluding hydrogens is 422 g/mol. The SMILES string of the molecule is CC(C)COc1ccc(N2C(=O)C(c3cccs3)=C(N(C)C3CCN(C)CC3)C2=O)cc1. The molecule has 0 saturated carbocycles. The number of hydrogen-bond donors (Lipinski definition) is 0. The maximum Gasteiger partial charge on any atom is 0.282 e. The summed E-state index contributed by atoms with van der Waals surface area (Å²) in [6, 6.07) is 11.3. The fourth-order valence-corrected chi connectivity index (χ4v) is 5.00. The lowest BCUT2D eigenvalue weighted by Crippen LogP contribution is -2.43. The van der Waals surface area contributed by atoms with E-state index in [1.807, 2.05) is 41.6 Å². The van der Waals surface area contributed by atoms with Crippen LogP contribution in [-0.2, 0) is 9.59 Å². The Labute approximate surface area is 194 Å². The highest BCUT2D eigenvalue weighted by Gasteiger charge is 2.43. The van der Waals surface area contributed by atoms with Gasteiger partial charge in [0.1, 0.15) is 11.4 Å². The maximum atomic E-state index is 13.6. The lowest BCUT2D eigenvalue weighted by molar-refractivity contribution is -0.120. The average molecular weight is 454 g/mol. The van der Waals surface area contributed by atoms with Crippen LogP contribution in [0.2, 0.25) is 0 Å². The van der Waals surface area contributed by atoms with Crippen LogP contribution in [0.4, 0.5) is 5.69 Å². The number of anilines is 1. The first-order chi connectivity index (χ1) is 15.4. The van der Waals surface area contributed by atoms with Gasteiger partial charge in [0, 0.05) is 18.0 Å². The largest absolute Gasteiger partial charge is 0.493 e. The third-order valence-electron chi connectivity index (χ3n) is 6.09. The second kappa shape index (κ2) is 9.46. The standard InChI is InChI=1S/C25H31N3O3S/c1-17(2)16-31-20-9-7-19(8-10-20)28-24(29)22(21-6-5-15-32-21)23(25(28)30)27(4)18-11-13-26(3)14-12-18/h5-10,15,17-18H,11-14,16H2,1-4H3. The molecule has 0 N–H and O–H groups in total. The van der Waals surface area contributed by atoms with Gasteiger partial charge in [0.15, 0.2) is 0 Å². The van der Waals surface area contributed by atoms with Crippen molar-refractivity contribution in [3.8, 4) is 5.75 Å². The molecule has 2 aromatic rings. The highest BCUT2D eigenvalue weighted by Crippen LogP contribution is 2.38. The van der Waals surface area contributed by atoms with Crippen molar-refractivity contribution in [2.45, 2.75) is 32.7 Å². The highest BCUT2D eigenvalue weighted by atomic mass is 32.1. The van der Waals surface area contributed by atoms with Crippen LogP contribution in [0.25, 0.3) is 5.57 Å². The third kappa shape index (κ3) is 4.45. The molecule has 0 bridgehead atoms. The number of piperidine rings is 1. The molecule has 1 aromatic carbocycles. The Morgan fingerprint density at radius 3 is 2.38 bits per heavy atom. The molecule has 1 fully saturated rings. The molecular formula is C25H31N3O3S. The highest BCUT2D eigenvalue weighted by molar-refractivity contribution is 7.11. The topological polar surface area (TPSA) is 53.1 Å². The number of benzene rings is 1. The fourth-order valence-electron chi connectivity index (χ4n) is 4.24. The Balaban J connectivity index is 1.64. The Morgan fingerprint density at radius 1 is 1.09 bits per heavy atom. The van der Waals surface area contributed by atoms with E-state index in [0.717, 1.165) is 36.6 Å². The van der Waals surface area contributed by atoms with E-state index in [9.17, 15) is 9.59 Å². The Hall–Kier alpha value is -2.64. The summed E-state index contributed by atoms with van der Waals surface area (Å²) in [7, 11) is 4.07. The van der Waals surface area contributed by atoms with Crippen LogP contribution in [0.1, 0.15) is 31.6 Å². The number of amides is 2. The van der Waals surface area contributed by atoms with E-state index in [-0.39, 0.29) is 17.9 Å². The van der Waals surface area contributed by atoms with Crippen LogP contribution in [0, 0.1) is 5.92 Å². The van der Waals surface area contributed by atoms with Crippen LogP contribution < -0.4 is 9.64 Å². The van der Waals surface area contributed by atoms with Crippen molar-refractivity contribution in [3.63, 3.8) is 0 Å². The molecule has 3 heterocycles. The number of imide groups is 1. The lowest BCUT2D eigenvalue weighted by atomic mass is 10.0. The van der Waals surface area contributed by atoms with Gasteiger partial charge in [-0.2, -0.15) is 0 Å². The van der Waals surface area contributed by atoms with Gasteiger partial charge in [-0.15, -0.1) is 11.3 Å². The van der Waals surface area contributed by atoms with Gasteiger partial charge in [-0.25, -0.2) is 4.90 Å². The number of ether oxygens (including phenoxy) is 1. The first-order valence-electron chi connectivity index (χ1n) is 11.2. The van der Waals surface area contributed by atoms with Crippen molar-refractivity contribution in [1.29, 1.82) is 0 Å². The molecule has 1 aromatic heterocycles. The number of likely N-dealkylation sites (N-methyl/N-ethyl adjacent to an activating group) is 1. The minimum atomic E-state index is -0.261. The number of thiophene rings is 1. The van der Waals surface area contributed by atoms with Crippen LogP contribution >= 0.6 is 11.3 Å². The van der Waals surface area contributed by atoms with Gasteiger partial charge >= 0.3 is 0 Å². The van der Waals surface area contributed by atoms with E-state index >= 15 is 0 Å². The number of rotatable bonds is 7. The minimum absolute atomic E-state index is 0.236. The van der Waals surface area contributed by atoms with E-state index in [0.29, 0.717) is 29.5 Å². The molecule has 0 radical (unpaired) electrons. The molecule has 6 nitrogen and oxygen atoms in total. The van der Waals surface area contributed by atoms with E-state index < -0.39 is 0 Å². The fraction of sp³-hybridized carbons (Fsp3) is 0.440. The maximum absolute atomic E-state index is 13.6. The lowest BCUT2D eigenvalue weighted by Gasteiger charge is -2.36. The molecule has 0 atom stereocenters. The van der Waals surface area contributed by atoms with Crippen molar-refractivity contribution in [3.05, 3.63) is 52.4 Å². The van der Waals surface area contributed by atoms with E-state index in [2.05, 4.69) is 25.8 Å². The molecule has 2 aliphatic heterocycles. The smallest absolute Gasteiger partial charge is 0.282 e. The molecule has 1 saturated heterocycles. The van der Waals surface area contributed by atoms with Crippen molar-refractivity contribution in [2.75, 3.05) is 38.7 Å². The molecule has 0 aliphatic carbocycles. The number of carbonyl (C=O) groups excluding carboxylic acids is 2. The zero-order valence-electron chi connectivity index (χ0n) is 19.2. The van der Waals surface area contributed by atoms with Crippen LogP contribution in [0.5, 0.6) is 5.75 Å². The summed E-state index contributed by atoms with van der Waals surface area (Å²) in [6.45, 7) is 6.78. The summed E-state index contributed by atoms with van der Waals surface area (Å²) in [4.78, 5) is 33.7. The van der Waals surface area contributed by atoms with E-state index in [1.165, 1.54) is 16.2 Å². The molecule has 4 rings (SSSR count). The van der Waals surface area contributed by atoms with Gasteiger partial charge in [-0.1, -0.05) is 19.9 Å². The van der Waals surface area contributed by atoms with Crippen molar-refractivity contribution in [1.82, 2.24) is 9.80 Å². The van der Waals surface area contributed by atoms with Gasteiger partial charge < -0.3 is 14.5 Å². The van der Waals surface area contributed by atoms with Gasteiger partial charge in [-0.05, 0) is 74.6 Å². The molecule has 32 heavy (non-hydrogen) atoms. The zero-order chi connectivity index (χ0) is 22.8. The zero-order valence-corrected chi connectivity index (χ0v) is 20.0. The average Bonchev–Trinajstić information content (AvgIpc) is 3.39. The first kappa shape index (κ1) is 22.6. The summed E-state index contributed by atoms with van der Waals surface area (Å²) in [5, 5.41) is 1.94. The van der Waals surface area contributed by atoms with E-state index in [4.69, 9.17) is 4.74 Å². The Bertz CT molecular complexity index is 990. The first-order valence-corrected chi connectivity index (χ1v) is 12.1. The quantitative estimate of drug-likeness (QED) is 0.591. The Kier molecular flexibility index (Phi) is 6.67. The number of likely N-dealkylation sites (tertiary alicyclic amines) is 1. The van der Waals surface area contributed by atoms with Gasteiger partial charge in [-0.3, -0.25) is 9.59 Å². The molecule has 2 aliphatic rings. The molecule has 2 amide bonds. The minimum Gasteiger partial charge on any atom is -0.493 e. The summed E-state index contributed by atoms with van der Waals surface area (Å²) in [5.41, 5.74) is 1.58. The number of carbonyl (C=O) groups is 2. The van der Waals surface area contributed by atoms with Crippen molar-refractivity contribution < 1.29 is 14.3 Å². The normalized spacial score (nSPS) is 18.2. The summed E-state index contributed by atoms with van der Waals surface area (Å²) in [5.74, 6) is 0.641. The molecule has 0 unspecified atom stereocenters. The Morgan fingerprint density at radius 2 is 1.78 bits per heavy atom. The number of nitrogens with zero attached hydrogens (tertiary/aromatic N) is 3. The summed E-state index contributed by atoms with van der Waals surface area (Å²) in [6.07, 6.45) is 1.94. The van der Waals surface area contributed by atoms with Crippen molar-refractivity contribution >= 4 is 34.4 Å². The van der Waals surface area contributed by atoms with Crippen molar-refractivity contribution in [2.24, 2.45) is 5.92 Å². The summed E-state index contributed by atoms with van der Waals surface area (Å²) < 4.78 is 5.76. The summed E-state index contributed by atoms with van der Waals surface area (Å²) >= 11 is 1.49. The second-order valence-electron chi connectivity index (χ2n) is 8.99. The third-order valence-corrected chi connectivity index (χ3v) is 6.98. The number of hydrogen-bond acceptors (Lipinski definition) is 6. The predicted octanol–water partition coefficient (Wildman–Crippen LogP) is 4.09. The van der Waals surface area contributed by atoms with Gasteiger partial charge in [0.2, 0.25) is 0 Å². The monoisotopic (exact) mass is 453 g/mol. The van der Waals surface area contributed by atoms with Crippen LogP contribution in [0.3, 0.4) is 0 Å². The second-order valence-corrected chi connectivity index (χ2v) is 9.94. The van der Waals surface area contributed by atoms with Crippen LogP contribution in [-0.4, -0.2) is 61.4 Å².